The number of ether oxygens (including phenoxy) is 4. The van der Waals surface area contributed by atoms with Crippen LogP contribution in [0.5, 0.6) is 17.2 Å². The molecule has 0 bridgehead atoms. The average molecular weight is 868 g/mol. The number of nitrogens with zero attached hydrogens (tertiary/aromatic N) is 1. The van der Waals surface area contributed by atoms with Gasteiger partial charge in [0.05, 0.1) is 37.9 Å². The van der Waals surface area contributed by atoms with Crippen molar-refractivity contribution in [3.8, 4) is 28.4 Å². The van der Waals surface area contributed by atoms with E-state index in [4.69, 9.17) is 18.9 Å². The molecule has 0 N–H and O–H groups in total. The molecule has 1 saturated heterocycles. The highest BCUT2D eigenvalue weighted by Crippen LogP contribution is 2.65. The quantitative estimate of drug-likeness (QED) is 0.144. The van der Waals surface area contributed by atoms with Crippen LogP contribution in [0.1, 0.15) is 85.8 Å². The molecule has 2 heterocycles. The number of rotatable bonds is 9. The first kappa shape index (κ1) is 41.6. The van der Waals surface area contributed by atoms with Gasteiger partial charge >= 0.3 is 6.18 Å². The van der Waals surface area contributed by atoms with E-state index in [9.17, 15) is 13.2 Å². The second kappa shape index (κ2) is 16.0. The van der Waals surface area contributed by atoms with E-state index in [2.05, 4.69) is 97.6 Å². The summed E-state index contributed by atoms with van der Waals surface area (Å²) in [6.07, 6.45) is 6.48. The van der Waals surface area contributed by atoms with Gasteiger partial charge in [-0.1, -0.05) is 105 Å². The lowest BCUT2D eigenvalue weighted by atomic mass is 9.58. The average Bonchev–Trinajstić information content (AvgIpc) is 3.61. The third-order valence-corrected chi connectivity index (χ3v) is 15.9. The van der Waals surface area contributed by atoms with Gasteiger partial charge in [-0.05, 0) is 113 Å². The Morgan fingerprint density at radius 1 is 0.730 bits per heavy atom. The van der Waals surface area contributed by atoms with Crippen molar-refractivity contribution in [3.63, 3.8) is 0 Å². The monoisotopic (exact) mass is 867 g/mol. The summed E-state index contributed by atoms with van der Waals surface area (Å²) in [6, 6.07) is 35.4. The molecule has 0 amide bonds. The number of anilines is 1. The van der Waals surface area contributed by atoms with E-state index in [0.717, 1.165) is 120 Å². The molecule has 10 rings (SSSR count). The third-order valence-electron chi connectivity index (χ3n) is 14.8. The highest BCUT2D eigenvalue weighted by molar-refractivity contribution is 7.99. The molecule has 1 spiro atoms. The van der Waals surface area contributed by atoms with Crippen LogP contribution in [0.4, 0.5) is 18.9 Å². The minimum absolute atomic E-state index is 0.120. The molecule has 0 aromatic heterocycles. The molecule has 2 aliphatic heterocycles. The fourth-order valence-electron chi connectivity index (χ4n) is 11.1. The van der Waals surface area contributed by atoms with Crippen LogP contribution in [0.15, 0.2) is 125 Å². The van der Waals surface area contributed by atoms with Gasteiger partial charge in [-0.15, -0.1) is 0 Å². The van der Waals surface area contributed by atoms with Crippen LogP contribution >= 0.6 is 11.8 Å². The molecule has 1 saturated carbocycles. The highest BCUT2D eigenvalue weighted by atomic mass is 32.2. The number of morpholine rings is 1. The highest BCUT2D eigenvalue weighted by Gasteiger charge is 2.52. The van der Waals surface area contributed by atoms with Gasteiger partial charge in [0.25, 0.3) is 0 Å². The topological polar surface area (TPSA) is 40.2 Å². The first-order chi connectivity index (χ1) is 30.6. The van der Waals surface area contributed by atoms with E-state index in [0.29, 0.717) is 23.9 Å². The summed E-state index contributed by atoms with van der Waals surface area (Å²) in [4.78, 5) is 3.07. The normalized spacial score (nSPS) is 19.6. The second-order valence-corrected chi connectivity index (χ2v) is 18.6. The summed E-state index contributed by atoms with van der Waals surface area (Å²) in [5.41, 5.74) is 7.26. The van der Waals surface area contributed by atoms with Gasteiger partial charge in [0, 0.05) is 51.2 Å². The summed E-state index contributed by atoms with van der Waals surface area (Å²) < 4.78 is 68.5. The lowest BCUT2D eigenvalue weighted by molar-refractivity contribution is -0.139. The van der Waals surface area contributed by atoms with Crippen molar-refractivity contribution in [1.29, 1.82) is 0 Å². The first-order valence-corrected chi connectivity index (χ1v) is 23.0. The van der Waals surface area contributed by atoms with Crippen LogP contribution in [-0.2, 0) is 21.9 Å². The van der Waals surface area contributed by atoms with Crippen LogP contribution in [0.25, 0.3) is 28.0 Å². The third kappa shape index (κ3) is 6.80. The van der Waals surface area contributed by atoms with Crippen molar-refractivity contribution < 1.29 is 32.1 Å². The number of benzene rings is 6. The minimum Gasteiger partial charge on any atom is -0.497 e. The Morgan fingerprint density at radius 3 is 2.06 bits per heavy atom. The lowest BCUT2D eigenvalue weighted by Crippen LogP contribution is -2.38. The Hall–Kier alpha value is -5.38. The molecule has 6 aromatic rings. The Balaban J connectivity index is 1.23. The molecule has 1 atom stereocenters. The van der Waals surface area contributed by atoms with Crippen molar-refractivity contribution in [1.82, 2.24) is 0 Å². The molecular weight excluding hydrogens is 816 g/mol. The zero-order valence-electron chi connectivity index (χ0n) is 36.2. The molecule has 5 nitrogen and oxygen atoms in total. The van der Waals surface area contributed by atoms with Gasteiger partial charge in [-0.2, -0.15) is 13.2 Å². The fourth-order valence-corrected chi connectivity index (χ4v) is 12.2. The molecule has 4 aliphatic rings. The van der Waals surface area contributed by atoms with Crippen LogP contribution in [-0.4, -0.2) is 40.5 Å². The predicted molar refractivity (Wildman–Crippen MR) is 247 cm³/mol. The van der Waals surface area contributed by atoms with Crippen LogP contribution < -0.4 is 19.1 Å². The molecule has 63 heavy (non-hydrogen) atoms. The fraction of sp³-hybridized carbons (Fsp3) is 0.333. The lowest BCUT2D eigenvalue weighted by Gasteiger charge is -2.47. The van der Waals surface area contributed by atoms with Crippen LogP contribution in [0.2, 0.25) is 0 Å². The largest absolute Gasteiger partial charge is 0.497 e. The number of hydrogen-bond donors (Lipinski definition) is 0. The summed E-state index contributed by atoms with van der Waals surface area (Å²) in [6.45, 7) is 7.71. The van der Waals surface area contributed by atoms with Crippen LogP contribution in [0.3, 0.4) is 0 Å². The van der Waals surface area contributed by atoms with Gasteiger partial charge in [0.15, 0.2) is 5.60 Å². The van der Waals surface area contributed by atoms with Crippen molar-refractivity contribution in [2.24, 2.45) is 5.41 Å². The minimum atomic E-state index is -4.52. The Morgan fingerprint density at radius 2 is 1.40 bits per heavy atom. The summed E-state index contributed by atoms with van der Waals surface area (Å²) in [7, 11) is 3.25. The summed E-state index contributed by atoms with van der Waals surface area (Å²) in [5, 5.41) is 1.78. The van der Waals surface area contributed by atoms with Gasteiger partial charge in [0.2, 0.25) is 0 Å². The molecule has 0 radical (unpaired) electrons. The smallest absolute Gasteiger partial charge is 0.417 e. The maximum absolute atomic E-state index is 14.5. The van der Waals surface area contributed by atoms with Gasteiger partial charge < -0.3 is 23.8 Å². The van der Waals surface area contributed by atoms with E-state index in [1.165, 1.54) is 28.8 Å². The SMILES string of the molecule is CCC1(CC)CCC2(CC1)c1ccccc1-c1c2c2c(c3cc(OC)c(Sc4ccccc4C(F)(F)F)cc13)OC(c1ccc(OC)cc1)(c1ccc(N3CCOCC3)cc1)C=C2. The Labute approximate surface area is 372 Å². The van der Waals surface area contributed by atoms with E-state index in [1.807, 2.05) is 18.2 Å². The number of methoxy groups -OCH3 is 2. The molecular formula is C54H52F3NO4S. The summed E-state index contributed by atoms with van der Waals surface area (Å²) in [5.74, 6) is 1.96. The molecule has 2 aliphatic carbocycles. The van der Waals surface area contributed by atoms with E-state index in [-0.39, 0.29) is 15.7 Å². The molecule has 9 heteroatoms. The van der Waals surface area contributed by atoms with Crippen molar-refractivity contribution in [2.45, 2.75) is 79.4 Å². The maximum Gasteiger partial charge on any atom is 0.417 e. The van der Waals surface area contributed by atoms with E-state index >= 15 is 0 Å². The number of alkyl halides is 3. The Bertz CT molecular complexity index is 2710. The zero-order valence-corrected chi connectivity index (χ0v) is 37.1. The van der Waals surface area contributed by atoms with Gasteiger partial charge in [-0.25, -0.2) is 0 Å². The maximum atomic E-state index is 14.5. The number of fused-ring (bicyclic) bond motifs is 10. The second-order valence-electron chi connectivity index (χ2n) is 17.5. The molecule has 2 fully saturated rings. The Kier molecular flexibility index (Phi) is 10.6. The molecule has 1 unspecified atom stereocenters. The van der Waals surface area contributed by atoms with E-state index in [1.54, 1.807) is 20.3 Å². The standard InChI is InChI=1S/C54H52F3NO4S/c1-5-51(6-2)25-27-52(28-26-51)43-12-8-7-11-39(43)48-41-34-47(63-46-14-10-9-13-44(46)54(55,56)57)45(60-4)33-42(41)50-40(49(48)52)23-24-53(62-50,36-17-21-38(59-3)22-18-36)35-15-19-37(20-16-35)58-29-31-61-32-30-58/h7-24,33-34H,5-6,25-32H2,1-4H3. The van der Waals surface area contributed by atoms with Crippen molar-refractivity contribution in [2.75, 3.05) is 45.4 Å². The predicted octanol–water partition coefficient (Wildman–Crippen LogP) is 13.9. The first-order valence-electron chi connectivity index (χ1n) is 22.2. The van der Waals surface area contributed by atoms with Crippen molar-refractivity contribution in [3.05, 3.63) is 149 Å². The zero-order chi connectivity index (χ0) is 43.6. The van der Waals surface area contributed by atoms with Gasteiger partial charge in [0.1, 0.15) is 17.2 Å². The summed E-state index contributed by atoms with van der Waals surface area (Å²) >= 11 is 1.09. The van der Waals surface area contributed by atoms with Crippen LogP contribution in [0, 0.1) is 5.41 Å². The van der Waals surface area contributed by atoms with Gasteiger partial charge in [-0.3, -0.25) is 0 Å². The van der Waals surface area contributed by atoms with Crippen molar-refractivity contribution >= 4 is 34.3 Å². The molecule has 324 valence electrons. The number of halogens is 3. The molecule has 6 aromatic carbocycles. The van der Waals surface area contributed by atoms with E-state index < -0.39 is 17.3 Å². The number of hydrogen-bond acceptors (Lipinski definition) is 6.